The fraction of sp³-hybridized carbons (Fsp3) is 0.455. The van der Waals surface area contributed by atoms with Crippen molar-refractivity contribution in [2.75, 3.05) is 30.8 Å². The van der Waals surface area contributed by atoms with E-state index in [0.717, 1.165) is 9.80 Å². The van der Waals surface area contributed by atoms with Crippen molar-refractivity contribution in [2.45, 2.75) is 34.2 Å². The van der Waals surface area contributed by atoms with Crippen molar-refractivity contribution in [1.29, 1.82) is 0 Å². The fourth-order valence-corrected chi connectivity index (χ4v) is 3.55. The summed E-state index contributed by atoms with van der Waals surface area (Å²) in [6.45, 7) is 7.10. The van der Waals surface area contributed by atoms with Gasteiger partial charge in [-0.3, -0.25) is 23.9 Å². The maximum Gasteiger partial charge on any atom is 0.330 e. The number of halogens is 3. The Morgan fingerprint density at radius 1 is 1.12 bits per heavy atom. The highest BCUT2D eigenvalue weighted by atomic mass is 35.5. The minimum absolute atomic E-state index is 0.0256. The molecule has 0 aliphatic rings. The maximum absolute atomic E-state index is 13.6. The lowest BCUT2D eigenvalue weighted by molar-refractivity contribution is -0.119. The molecule has 12 heteroatoms. The largest absolute Gasteiger partial charge is 0.383 e. The predicted octanol–water partition coefficient (Wildman–Crippen LogP) is 2.47. The maximum atomic E-state index is 13.6. The van der Waals surface area contributed by atoms with Crippen LogP contribution >= 0.6 is 11.6 Å². The summed E-state index contributed by atoms with van der Waals surface area (Å²) < 4.78 is 28.2. The number of nitrogen functional groups attached to an aromatic ring is 1. The average Bonchev–Trinajstić information content (AvgIpc) is 2.71. The van der Waals surface area contributed by atoms with E-state index in [-0.39, 0.29) is 47.0 Å². The Hall–Kier alpha value is -3.21. The van der Waals surface area contributed by atoms with Crippen LogP contribution in [-0.2, 0) is 11.3 Å². The van der Waals surface area contributed by atoms with Gasteiger partial charge in [0, 0.05) is 20.1 Å². The van der Waals surface area contributed by atoms with Gasteiger partial charge >= 0.3 is 5.69 Å². The molecule has 0 aliphatic heterocycles. The Balaban J connectivity index is 2.44. The molecular formula is C22H28ClF2N5O4. The number of benzene rings is 1. The number of aromatic nitrogens is 2. The summed E-state index contributed by atoms with van der Waals surface area (Å²) in [5.74, 6) is -4.22. The molecule has 1 aromatic carbocycles. The molecule has 0 spiro atoms. The molecule has 1 heterocycles. The summed E-state index contributed by atoms with van der Waals surface area (Å²) in [5, 5.41) is -0.316. The van der Waals surface area contributed by atoms with Gasteiger partial charge in [0.05, 0.1) is 10.6 Å². The Kier molecular flexibility index (Phi) is 8.60. The molecule has 0 fully saturated rings. The lowest BCUT2D eigenvalue weighted by Gasteiger charge is -2.28. The number of likely N-dealkylation sites (N-methyl/N-ethyl adjacent to an activating group) is 1. The van der Waals surface area contributed by atoms with Crippen LogP contribution in [0.4, 0.5) is 20.3 Å². The first-order valence-electron chi connectivity index (χ1n) is 10.6. The van der Waals surface area contributed by atoms with Gasteiger partial charge < -0.3 is 15.5 Å². The van der Waals surface area contributed by atoms with Gasteiger partial charge in [-0.1, -0.05) is 39.3 Å². The van der Waals surface area contributed by atoms with Crippen molar-refractivity contribution in [3.8, 4) is 0 Å². The zero-order valence-corrected chi connectivity index (χ0v) is 20.4. The molecule has 0 aliphatic carbocycles. The van der Waals surface area contributed by atoms with Gasteiger partial charge in [0.15, 0.2) is 17.3 Å². The zero-order chi connectivity index (χ0) is 25.9. The van der Waals surface area contributed by atoms with Crippen LogP contribution in [0, 0.1) is 23.5 Å². The van der Waals surface area contributed by atoms with Crippen molar-refractivity contribution >= 4 is 34.9 Å². The molecule has 0 saturated carbocycles. The van der Waals surface area contributed by atoms with Gasteiger partial charge in [0.1, 0.15) is 12.4 Å². The molecule has 34 heavy (non-hydrogen) atoms. The second-order valence-corrected chi connectivity index (χ2v) is 9.21. The van der Waals surface area contributed by atoms with E-state index in [1.54, 1.807) is 0 Å². The third-order valence-electron chi connectivity index (χ3n) is 4.84. The summed E-state index contributed by atoms with van der Waals surface area (Å²) in [5.41, 5.74) is 4.09. The Morgan fingerprint density at radius 2 is 1.71 bits per heavy atom. The quantitative estimate of drug-likeness (QED) is 0.540. The highest BCUT2D eigenvalue weighted by Gasteiger charge is 2.28. The lowest BCUT2D eigenvalue weighted by atomic mass is 10.1. The molecule has 0 saturated heterocycles. The number of amides is 2. The van der Waals surface area contributed by atoms with Crippen molar-refractivity contribution in [3.63, 3.8) is 0 Å². The van der Waals surface area contributed by atoms with Crippen molar-refractivity contribution in [3.05, 3.63) is 55.2 Å². The minimum Gasteiger partial charge on any atom is -0.383 e. The molecule has 3 N–H and O–H groups in total. The zero-order valence-electron chi connectivity index (χ0n) is 19.6. The summed E-state index contributed by atoms with van der Waals surface area (Å²) >= 11 is 5.88. The predicted molar refractivity (Wildman–Crippen MR) is 126 cm³/mol. The molecule has 0 atom stereocenters. The van der Waals surface area contributed by atoms with E-state index < -0.39 is 41.2 Å². The molecular weight excluding hydrogens is 472 g/mol. The highest BCUT2D eigenvalue weighted by molar-refractivity contribution is 6.33. The second-order valence-electron chi connectivity index (χ2n) is 8.80. The standard InChI is InChI=1S/C22H28ClF2N5O4/c1-11(2)8-29(18-19(26)30(9-12(3)4)22(34)27-20(18)32)17(31)10-28(5)21(33)13-6-15(24)16(25)7-14(13)23/h6-7,11-12H,8-10,26H2,1-5H3,(H,27,32,34). The average molecular weight is 500 g/mol. The third-order valence-corrected chi connectivity index (χ3v) is 5.15. The number of carbonyl (C=O) groups is 2. The monoisotopic (exact) mass is 499 g/mol. The van der Waals surface area contributed by atoms with E-state index in [0.29, 0.717) is 12.1 Å². The summed E-state index contributed by atoms with van der Waals surface area (Å²) in [7, 11) is 1.28. The third kappa shape index (κ3) is 6.02. The molecule has 2 rings (SSSR count). The van der Waals surface area contributed by atoms with Gasteiger partial charge in [-0.05, 0) is 24.0 Å². The van der Waals surface area contributed by atoms with E-state index in [1.807, 2.05) is 27.7 Å². The van der Waals surface area contributed by atoms with E-state index in [1.165, 1.54) is 11.6 Å². The molecule has 9 nitrogen and oxygen atoms in total. The minimum atomic E-state index is -1.26. The van der Waals surface area contributed by atoms with Crippen LogP contribution in [0.5, 0.6) is 0 Å². The second kappa shape index (κ2) is 10.8. The summed E-state index contributed by atoms with van der Waals surface area (Å²) in [4.78, 5) is 55.2. The molecule has 2 aromatic rings. The first kappa shape index (κ1) is 27.0. The van der Waals surface area contributed by atoms with Crippen LogP contribution in [-0.4, -0.2) is 46.4 Å². The van der Waals surface area contributed by atoms with E-state index in [9.17, 15) is 28.0 Å². The van der Waals surface area contributed by atoms with Gasteiger partial charge in [-0.2, -0.15) is 0 Å². The molecule has 0 bridgehead atoms. The number of hydrogen-bond donors (Lipinski definition) is 2. The number of nitrogens with two attached hydrogens (primary N) is 1. The summed E-state index contributed by atoms with van der Waals surface area (Å²) in [6, 6.07) is 1.32. The number of carbonyl (C=O) groups excluding carboxylic acids is 2. The molecule has 0 unspecified atom stereocenters. The smallest absolute Gasteiger partial charge is 0.330 e. The van der Waals surface area contributed by atoms with E-state index in [2.05, 4.69) is 4.98 Å². The lowest BCUT2D eigenvalue weighted by Crippen LogP contribution is -2.47. The Bertz CT molecular complexity index is 1210. The number of rotatable bonds is 8. The van der Waals surface area contributed by atoms with E-state index in [4.69, 9.17) is 17.3 Å². The van der Waals surface area contributed by atoms with Crippen LogP contribution in [0.15, 0.2) is 21.7 Å². The highest BCUT2D eigenvalue weighted by Crippen LogP contribution is 2.23. The summed E-state index contributed by atoms with van der Waals surface area (Å²) in [6.07, 6.45) is 0. The van der Waals surface area contributed by atoms with Gasteiger partial charge in [-0.25, -0.2) is 13.6 Å². The van der Waals surface area contributed by atoms with Gasteiger partial charge in [0.2, 0.25) is 5.91 Å². The molecule has 0 radical (unpaired) electrons. The van der Waals surface area contributed by atoms with Crippen LogP contribution < -0.4 is 21.9 Å². The van der Waals surface area contributed by atoms with Crippen LogP contribution in [0.2, 0.25) is 5.02 Å². The molecule has 2 amide bonds. The van der Waals surface area contributed by atoms with Crippen LogP contribution in [0.1, 0.15) is 38.1 Å². The van der Waals surface area contributed by atoms with E-state index >= 15 is 0 Å². The number of aromatic amines is 1. The van der Waals surface area contributed by atoms with Crippen molar-refractivity contribution in [1.82, 2.24) is 14.5 Å². The van der Waals surface area contributed by atoms with Crippen LogP contribution in [0.3, 0.4) is 0 Å². The first-order chi connectivity index (χ1) is 15.7. The normalized spacial score (nSPS) is 11.2. The topological polar surface area (TPSA) is 121 Å². The van der Waals surface area contributed by atoms with Gasteiger partial charge in [-0.15, -0.1) is 0 Å². The fourth-order valence-electron chi connectivity index (χ4n) is 3.32. The number of nitrogens with zero attached hydrogens (tertiary/aromatic N) is 3. The van der Waals surface area contributed by atoms with Gasteiger partial charge in [0.25, 0.3) is 11.5 Å². The number of anilines is 2. The SMILES string of the molecule is CC(C)CN(C(=O)CN(C)C(=O)c1cc(F)c(F)cc1Cl)c1c(N)n(CC(C)C)c(=O)[nH]c1=O. The molecule has 1 aromatic heterocycles. The van der Waals surface area contributed by atoms with Crippen molar-refractivity contribution in [2.24, 2.45) is 11.8 Å². The number of H-pyrrole nitrogens is 1. The number of hydrogen-bond acceptors (Lipinski definition) is 5. The van der Waals surface area contributed by atoms with Crippen LogP contribution in [0.25, 0.3) is 0 Å². The van der Waals surface area contributed by atoms with Crippen molar-refractivity contribution < 1.29 is 18.4 Å². The molecule has 186 valence electrons. The Labute approximate surface area is 200 Å². The first-order valence-corrected chi connectivity index (χ1v) is 10.9. The number of nitrogens with one attached hydrogen (secondary N) is 1. The Morgan fingerprint density at radius 3 is 2.26 bits per heavy atom.